The molecule has 0 aliphatic carbocycles. The van der Waals surface area contributed by atoms with Gasteiger partial charge in [0.05, 0.1) is 0 Å². The van der Waals surface area contributed by atoms with Gasteiger partial charge in [0.1, 0.15) is 10.7 Å². The second-order valence-electron chi connectivity index (χ2n) is 5.89. The van der Waals surface area contributed by atoms with E-state index in [4.69, 9.17) is 35.3 Å². The first-order valence-electron chi connectivity index (χ1n) is 7.95. The Kier molecular flexibility index (Phi) is 5.82. The Balaban J connectivity index is 2.18. The molecule has 0 saturated heterocycles. The third-order valence-corrected chi connectivity index (χ3v) is 6.29. The number of nitrogens with one attached hydrogen (secondary N) is 1. The maximum atomic E-state index is 14.0. The minimum absolute atomic E-state index is 0.0682. The molecule has 0 amide bonds. The van der Waals surface area contributed by atoms with Crippen LogP contribution in [0.5, 0.6) is 0 Å². The molecule has 1 aliphatic heterocycles. The van der Waals surface area contributed by atoms with Crippen molar-refractivity contribution in [3.63, 3.8) is 0 Å². The predicted octanol–water partition coefficient (Wildman–Crippen LogP) is 3.31. The topological polar surface area (TPSA) is 76.4 Å². The highest BCUT2D eigenvalue weighted by molar-refractivity contribution is 7.99. The van der Waals surface area contributed by atoms with Gasteiger partial charge in [0.2, 0.25) is 0 Å². The van der Waals surface area contributed by atoms with Crippen LogP contribution in [0.4, 0.5) is 4.39 Å². The molecule has 8 heteroatoms. The van der Waals surface area contributed by atoms with E-state index >= 15 is 0 Å². The SMILES string of the molecule is NCc1ccccc1C1(Cl)c2cc(F)ccc2SCC1C=NNC(N)=S. The number of hydrogen-bond acceptors (Lipinski definition) is 4. The Hall–Kier alpha value is -1.67. The maximum Gasteiger partial charge on any atom is 0.184 e. The van der Waals surface area contributed by atoms with Gasteiger partial charge >= 0.3 is 0 Å². The van der Waals surface area contributed by atoms with Crippen molar-refractivity contribution in [3.8, 4) is 0 Å². The molecule has 4 nitrogen and oxygen atoms in total. The summed E-state index contributed by atoms with van der Waals surface area (Å²) < 4.78 is 14.0. The van der Waals surface area contributed by atoms with Gasteiger partial charge in [0.15, 0.2) is 5.11 Å². The monoisotopic (exact) mass is 408 g/mol. The van der Waals surface area contributed by atoms with Gasteiger partial charge in [0.25, 0.3) is 0 Å². The van der Waals surface area contributed by atoms with E-state index in [9.17, 15) is 4.39 Å². The van der Waals surface area contributed by atoms with Crippen molar-refractivity contribution in [1.82, 2.24) is 5.43 Å². The lowest BCUT2D eigenvalue weighted by molar-refractivity contribution is 0.565. The predicted molar refractivity (Wildman–Crippen MR) is 110 cm³/mol. The zero-order chi connectivity index (χ0) is 18.7. The molecule has 26 heavy (non-hydrogen) atoms. The minimum Gasteiger partial charge on any atom is -0.375 e. The summed E-state index contributed by atoms with van der Waals surface area (Å²) in [4.78, 5) is -0.0553. The van der Waals surface area contributed by atoms with E-state index in [1.165, 1.54) is 12.1 Å². The summed E-state index contributed by atoms with van der Waals surface area (Å²) in [6.45, 7) is 0.331. The fourth-order valence-corrected chi connectivity index (χ4v) is 5.05. The largest absolute Gasteiger partial charge is 0.375 e. The number of hydrogen-bond donors (Lipinski definition) is 3. The number of nitrogens with two attached hydrogens (primary N) is 2. The highest BCUT2D eigenvalue weighted by Crippen LogP contribution is 2.52. The molecule has 0 spiro atoms. The van der Waals surface area contributed by atoms with Gasteiger partial charge < -0.3 is 11.5 Å². The first-order chi connectivity index (χ1) is 12.5. The quantitative estimate of drug-likeness (QED) is 0.313. The molecule has 0 fully saturated rings. The lowest BCUT2D eigenvalue weighted by Crippen LogP contribution is -2.38. The molecular formula is C18H18ClFN4S2. The second kappa shape index (κ2) is 7.92. The average Bonchev–Trinajstić information content (AvgIpc) is 2.63. The van der Waals surface area contributed by atoms with Gasteiger partial charge in [0, 0.05) is 29.3 Å². The Morgan fingerprint density at radius 2 is 2.15 bits per heavy atom. The third kappa shape index (κ3) is 3.57. The van der Waals surface area contributed by atoms with Crippen molar-refractivity contribution in [1.29, 1.82) is 0 Å². The molecule has 2 atom stereocenters. The van der Waals surface area contributed by atoms with E-state index in [2.05, 4.69) is 10.5 Å². The molecule has 0 saturated carbocycles. The number of fused-ring (bicyclic) bond motifs is 1. The van der Waals surface area contributed by atoms with E-state index in [1.807, 2.05) is 24.3 Å². The number of benzene rings is 2. The number of thiocarbonyl (C=S) groups is 1. The zero-order valence-electron chi connectivity index (χ0n) is 13.8. The standard InChI is InChI=1S/C18H18ClFN4S2/c19-18(14-4-2-1-3-11(14)8-21)12(9-23-24-17(22)25)10-26-16-6-5-13(20)7-15(16)18/h1-7,9,12H,8,10,21H2,(H3,22,24,25). The molecule has 0 radical (unpaired) electrons. The number of nitrogens with zero attached hydrogens (tertiary/aromatic N) is 1. The van der Waals surface area contributed by atoms with Crippen LogP contribution in [0.3, 0.4) is 0 Å². The molecular weight excluding hydrogens is 391 g/mol. The molecule has 2 unspecified atom stereocenters. The number of hydrazone groups is 1. The average molecular weight is 409 g/mol. The van der Waals surface area contributed by atoms with Gasteiger partial charge in [-0.1, -0.05) is 24.3 Å². The fourth-order valence-electron chi connectivity index (χ4n) is 3.14. The van der Waals surface area contributed by atoms with Gasteiger partial charge in [-0.2, -0.15) is 5.10 Å². The fraction of sp³-hybridized carbons (Fsp3) is 0.222. The molecule has 136 valence electrons. The summed E-state index contributed by atoms with van der Waals surface area (Å²) in [6, 6.07) is 12.4. The van der Waals surface area contributed by atoms with Crippen LogP contribution < -0.4 is 16.9 Å². The molecule has 5 N–H and O–H groups in total. The summed E-state index contributed by atoms with van der Waals surface area (Å²) in [5, 5.41) is 4.17. The van der Waals surface area contributed by atoms with Crippen LogP contribution in [0.25, 0.3) is 0 Å². The van der Waals surface area contributed by atoms with E-state index in [0.717, 1.165) is 16.0 Å². The van der Waals surface area contributed by atoms with Crippen LogP contribution in [0.15, 0.2) is 52.5 Å². The van der Waals surface area contributed by atoms with Gasteiger partial charge in [-0.3, -0.25) is 5.43 Å². The minimum atomic E-state index is -1.000. The molecule has 2 aromatic rings. The summed E-state index contributed by atoms with van der Waals surface area (Å²) in [6.07, 6.45) is 1.68. The van der Waals surface area contributed by atoms with E-state index in [0.29, 0.717) is 17.9 Å². The normalized spacial score (nSPS) is 22.2. The van der Waals surface area contributed by atoms with E-state index in [-0.39, 0.29) is 16.8 Å². The van der Waals surface area contributed by atoms with Crippen molar-refractivity contribution in [2.75, 3.05) is 5.75 Å². The number of halogens is 2. The van der Waals surface area contributed by atoms with Crippen LogP contribution in [-0.4, -0.2) is 17.1 Å². The number of thioether (sulfide) groups is 1. The first-order valence-corrected chi connectivity index (χ1v) is 9.72. The molecule has 3 rings (SSSR count). The van der Waals surface area contributed by atoms with E-state index in [1.54, 1.807) is 24.0 Å². The summed E-state index contributed by atoms with van der Waals surface area (Å²) in [5.74, 6) is 0.111. The molecule has 2 aromatic carbocycles. The summed E-state index contributed by atoms with van der Waals surface area (Å²) >= 11 is 13.6. The van der Waals surface area contributed by atoms with Crippen molar-refractivity contribution < 1.29 is 4.39 Å². The van der Waals surface area contributed by atoms with Crippen LogP contribution in [0, 0.1) is 11.7 Å². The summed E-state index contributed by atoms with van der Waals surface area (Å²) in [5.41, 5.74) is 16.4. The van der Waals surface area contributed by atoms with Crippen molar-refractivity contribution in [2.24, 2.45) is 22.5 Å². The molecule has 1 heterocycles. The highest BCUT2D eigenvalue weighted by atomic mass is 35.5. The maximum absolute atomic E-state index is 14.0. The smallest absolute Gasteiger partial charge is 0.184 e. The summed E-state index contributed by atoms with van der Waals surface area (Å²) in [7, 11) is 0. The van der Waals surface area contributed by atoms with Gasteiger partial charge in [-0.05, 0) is 47.1 Å². The Bertz CT molecular complexity index is 861. The van der Waals surface area contributed by atoms with Gasteiger partial charge in [-0.15, -0.1) is 23.4 Å². The molecule has 1 aliphatic rings. The van der Waals surface area contributed by atoms with Crippen molar-refractivity contribution >= 4 is 46.9 Å². The Labute approximate surface area is 166 Å². The number of alkyl halides is 1. The molecule has 0 bridgehead atoms. The van der Waals surface area contributed by atoms with Crippen LogP contribution in [0.2, 0.25) is 0 Å². The van der Waals surface area contributed by atoms with Crippen LogP contribution in [-0.2, 0) is 11.4 Å². The van der Waals surface area contributed by atoms with Gasteiger partial charge in [-0.25, -0.2) is 4.39 Å². The van der Waals surface area contributed by atoms with E-state index < -0.39 is 4.87 Å². The van der Waals surface area contributed by atoms with Crippen LogP contribution in [0.1, 0.15) is 16.7 Å². The molecule has 0 aromatic heterocycles. The first kappa shape index (κ1) is 19.1. The zero-order valence-corrected chi connectivity index (χ0v) is 16.2. The Morgan fingerprint density at radius 3 is 2.88 bits per heavy atom. The number of rotatable bonds is 4. The third-order valence-electron chi connectivity index (χ3n) is 4.32. The van der Waals surface area contributed by atoms with Crippen molar-refractivity contribution in [3.05, 3.63) is 65.0 Å². The lowest BCUT2D eigenvalue weighted by Gasteiger charge is -2.40. The second-order valence-corrected chi connectivity index (χ2v) is 7.98. The lowest BCUT2D eigenvalue weighted by atomic mass is 9.78. The Morgan fingerprint density at radius 1 is 1.38 bits per heavy atom. The van der Waals surface area contributed by atoms with Crippen molar-refractivity contribution in [2.45, 2.75) is 16.3 Å². The van der Waals surface area contributed by atoms with Crippen LogP contribution >= 0.6 is 35.6 Å². The highest BCUT2D eigenvalue weighted by Gasteiger charge is 2.45.